The first-order chi connectivity index (χ1) is 13.8. The molecule has 0 saturated carbocycles. The highest BCUT2D eigenvalue weighted by molar-refractivity contribution is 5.98. The van der Waals surface area contributed by atoms with Crippen LogP contribution in [-0.2, 0) is 14.3 Å². The van der Waals surface area contributed by atoms with Crippen molar-refractivity contribution < 1.29 is 19.1 Å². The van der Waals surface area contributed by atoms with Crippen molar-refractivity contribution in [2.45, 2.75) is 66.4 Å². The van der Waals surface area contributed by atoms with Gasteiger partial charge >= 0.3 is 0 Å². The standard InChI is InChI=1S/C21H28O3.C2H6O.C2H6/c1-6-20(22)18-10-8-9-17(14-18)15(3)13-19(21(23)7-2)12-11-16(4)24-5;1-3-2;1-2/h8-16H,6-7H2,1-5H3;1-2H3;1-2H3/b12-11-,19-13+;;. The van der Waals surface area contributed by atoms with E-state index in [-0.39, 0.29) is 23.6 Å². The molecule has 164 valence electrons. The number of allylic oxidation sites excluding steroid dienone is 3. The highest BCUT2D eigenvalue weighted by atomic mass is 16.5. The Hall–Kier alpha value is -2.04. The van der Waals surface area contributed by atoms with Gasteiger partial charge in [-0.2, -0.15) is 0 Å². The summed E-state index contributed by atoms with van der Waals surface area (Å²) in [5.41, 5.74) is 2.44. The van der Waals surface area contributed by atoms with E-state index in [1.807, 2.05) is 84.0 Å². The van der Waals surface area contributed by atoms with Gasteiger partial charge in [0, 0.05) is 51.2 Å². The topological polar surface area (TPSA) is 52.6 Å². The normalized spacial score (nSPS) is 12.9. The van der Waals surface area contributed by atoms with Crippen molar-refractivity contribution >= 4 is 11.6 Å². The van der Waals surface area contributed by atoms with Crippen LogP contribution in [0, 0.1) is 0 Å². The van der Waals surface area contributed by atoms with Crippen LogP contribution in [0.1, 0.15) is 76.2 Å². The van der Waals surface area contributed by atoms with Crippen LogP contribution < -0.4 is 0 Å². The predicted octanol–water partition coefficient (Wildman–Crippen LogP) is 6.17. The van der Waals surface area contributed by atoms with Crippen molar-refractivity contribution in [2.75, 3.05) is 21.3 Å². The predicted molar refractivity (Wildman–Crippen MR) is 123 cm³/mol. The SMILES string of the molecule is CC.CCC(=O)C(/C=C\C(C)OC)=C/C(C)c1cccc(C(=O)CC)c1.COC. The number of hydrogen-bond acceptors (Lipinski definition) is 4. The summed E-state index contributed by atoms with van der Waals surface area (Å²) in [6, 6.07) is 7.64. The molecule has 29 heavy (non-hydrogen) atoms. The molecular formula is C25H40O4. The van der Waals surface area contributed by atoms with E-state index in [0.717, 1.165) is 11.1 Å². The summed E-state index contributed by atoms with van der Waals surface area (Å²) < 4.78 is 9.45. The largest absolute Gasteiger partial charge is 0.388 e. The molecule has 2 unspecified atom stereocenters. The smallest absolute Gasteiger partial charge is 0.162 e. The minimum atomic E-state index is -0.0427. The lowest BCUT2D eigenvalue weighted by molar-refractivity contribution is -0.115. The van der Waals surface area contributed by atoms with Gasteiger partial charge in [-0.3, -0.25) is 9.59 Å². The van der Waals surface area contributed by atoms with E-state index in [1.54, 1.807) is 21.3 Å². The average molecular weight is 405 g/mol. The second-order valence-electron chi connectivity index (χ2n) is 6.30. The first kappa shape index (κ1) is 29.2. The van der Waals surface area contributed by atoms with Crippen LogP contribution in [0.5, 0.6) is 0 Å². The van der Waals surface area contributed by atoms with E-state index in [0.29, 0.717) is 18.4 Å². The lowest BCUT2D eigenvalue weighted by atomic mass is 9.93. The lowest BCUT2D eigenvalue weighted by Crippen LogP contribution is -2.04. The Morgan fingerprint density at radius 1 is 1.03 bits per heavy atom. The van der Waals surface area contributed by atoms with Crippen molar-refractivity contribution in [2.24, 2.45) is 0 Å². The van der Waals surface area contributed by atoms with Crippen LogP contribution in [0.4, 0.5) is 0 Å². The molecule has 4 heteroatoms. The maximum absolute atomic E-state index is 12.2. The summed E-state index contributed by atoms with van der Waals surface area (Å²) >= 11 is 0. The Morgan fingerprint density at radius 2 is 1.62 bits per heavy atom. The summed E-state index contributed by atoms with van der Waals surface area (Å²) in [4.78, 5) is 24.1. The zero-order chi connectivity index (χ0) is 22.8. The van der Waals surface area contributed by atoms with Gasteiger partial charge in [0.15, 0.2) is 11.6 Å². The van der Waals surface area contributed by atoms with E-state index < -0.39 is 0 Å². The summed E-state index contributed by atoms with van der Waals surface area (Å²) in [7, 11) is 4.89. The van der Waals surface area contributed by atoms with E-state index in [2.05, 4.69) is 4.74 Å². The monoisotopic (exact) mass is 404 g/mol. The number of ether oxygens (including phenoxy) is 2. The molecule has 0 aliphatic carbocycles. The highest BCUT2D eigenvalue weighted by Gasteiger charge is 2.11. The second kappa shape index (κ2) is 18.0. The molecule has 1 aromatic carbocycles. The van der Waals surface area contributed by atoms with Crippen LogP contribution in [-0.4, -0.2) is 39.0 Å². The second-order valence-corrected chi connectivity index (χ2v) is 6.30. The number of Topliss-reactive ketones (excluding diaryl/α,β-unsaturated/α-hetero) is 2. The van der Waals surface area contributed by atoms with Crippen LogP contribution in [0.15, 0.2) is 48.1 Å². The van der Waals surface area contributed by atoms with Crippen molar-refractivity contribution in [3.63, 3.8) is 0 Å². The first-order valence-electron chi connectivity index (χ1n) is 10.3. The van der Waals surface area contributed by atoms with Crippen molar-refractivity contribution in [1.82, 2.24) is 0 Å². The summed E-state index contributed by atoms with van der Waals surface area (Å²) in [6.45, 7) is 11.7. The van der Waals surface area contributed by atoms with Crippen molar-refractivity contribution in [1.29, 1.82) is 0 Å². The molecule has 0 N–H and O–H groups in total. The third kappa shape index (κ3) is 12.2. The zero-order valence-electron chi connectivity index (χ0n) is 19.7. The minimum Gasteiger partial charge on any atom is -0.388 e. The lowest BCUT2D eigenvalue weighted by Gasteiger charge is -2.11. The molecule has 1 rings (SSSR count). The maximum Gasteiger partial charge on any atom is 0.162 e. The molecule has 0 radical (unpaired) electrons. The fourth-order valence-electron chi connectivity index (χ4n) is 2.33. The van der Waals surface area contributed by atoms with Crippen molar-refractivity contribution in [3.05, 3.63) is 59.2 Å². The van der Waals surface area contributed by atoms with Gasteiger partial charge < -0.3 is 9.47 Å². The molecule has 0 spiro atoms. The summed E-state index contributed by atoms with van der Waals surface area (Å²) in [5, 5.41) is 0. The third-order valence-electron chi connectivity index (χ3n) is 4.05. The number of ketones is 2. The number of rotatable bonds is 9. The zero-order valence-corrected chi connectivity index (χ0v) is 19.7. The molecule has 4 nitrogen and oxygen atoms in total. The number of carbonyl (C=O) groups excluding carboxylic acids is 2. The molecule has 2 atom stereocenters. The number of carbonyl (C=O) groups is 2. The van der Waals surface area contributed by atoms with Gasteiger partial charge in [0.05, 0.1) is 6.10 Å². The Morgan fingerprint density at radius 3 is 2.10 bits per heavy atom. The van der Waals surface area contributed by atoms with Gasteiger partial charge in [-0.15, -0.1) is 0 Å². The van der Waals surface area contributed by atoms with Gasteiger partial charge in [-0.05, 0) is 18.6 Å². The van der Waals surface area contributed by atoms with E-state index in [9.17, 15) is 9.59 Å². The van der Waals surface area contributed by atoms with Crippen LogP contribution in [0.3, 0.4) is 0 Å². The quantitative estimate of drug-likeness (QED) is 0.281. The third-order valence-corrected chi connectivity index (χ3v) is 4.05. The Labute approximate surface area is 178 Å². The maximum atomic E-state index is 12.2. The number of hydrogen-bond donors (Lipinski definition) is 0. The van der Waals surface area contributed by atoms with Crippen LogP contribution >= 0.6 is 0 Å². The Bertz CT molecular complexity index is 644. The molecule has 0 saturated heterocycles. The van der Waals surface area contributed by atoms with Crippen LogP contribution in [0.2, 0.25) is 0 Å². The number of benzene rings is 1. The van der Waals surface area contributed by atoms with Gasteiger partial charge in [0.1, 0.15) is 0 Å². The molecule has 0 aromatic heterocycles. The summed E-state index contributed by atoms with van der Waals surface area (Å²) in [5.74, 6) is 0.275. The van der Waals surface area contributed by atoms with E-state index in [4.69, 9.17) is 4.74 Å². The minimum absolute atomic E-state index is 0.0427. The molecule has 0 fully saturated rings. The van der Waals surface area contributed by atoms with Crippen LogP contribution in [0.25, 0.3) is 0 Å². The molecule has 0 amide bonds. The fraction of sp³-hybridized carbons (Fsp3) is 0.520. The highest BCUT2D eigenvalue weighted by Crippen LogP contribution is 2.21. The van der Waals surface area contributed by atoms with Gasteiger partial charge in [-0.25, -0.2) is 0 Å². The molecule has 0 aliphatic heterocycles. The van der Waals surface area contributed by atoms with Gasteiger partial charge in [-0.1, -0.05) is 71.0 Å². The van der Waals surface area contributed by atoms with Gasteiger partial charge in [0.2, 0.25) is 0 Å². The molecule has 1 aromatic rings. The Balaban J connectivity index is 0. The summed E-state index contributed by atoms with van der Waals surface area (Å²) in [6.07, 6.45) is 6.57. The van der Waals surface area contributed by atoms with Gasteiger partial charge in [0.25, 0.3) is 0 Å². The molecule has 0 heterocycles. The number of methoxy groups -OCH3 is 2. The van der Waals surface area contributed by atoms with Crippen molar-refractivity contribution in [3.8, 4) is 0 Å². The van der Waals surface area contributed by atoms with E-state index in [1.165, 1.54) is 0 Å². The molecule has 0 bridgehead atoms. The first-order valence-corrected chi connectivity index (χ1v) is 10.3. The molecular weight excluding hydrogens is 364 g/mol. The molecule has 0 aliphatic rings. The van der Waals surface area contributed by atoms with E-state index >= 15 is 0 Å². The fourth-order valence-corrected chi connectivity index (χ4v) is 2.33. The average Bonchev–Trinajstić information content (AvgIpc) is 2.76. The Kier molecular flexibility index (Phi) is 18.1.